The van der Waals surface area contributed by atoms with E-state index in [1.807, 2.05) is 11.3 Å². The Kier molecular flexibility index (Phi) is 4.18. The van der Waals surface area contributed by atoms with E-state index in [2.05, 4.69) is 26.0 Å². The van der Waals surface area contributed by atoms with E-state index in [9.17, 15) is 4.79 Å². The third-order valence-corrected chi connectivity index (χ3v) is 5.99. The van der Waals surface area contributed by atoms with Crippen LogP contribution in [0.4, 0.5) is 0 Å². The summed E-state index contributed by atoms with van der Waals surface area (Å²) in [6.07, 6.45) is 8.58. The summed E-state index contributed by atoms with van der Waals surface area (Å²) in [6.45, 7) is 1.51. The summed E-state index contributed by atoms with van der Waals surface area (Å²) in [4.78, 5) is 21.4. The largest absolute Gasteiger partial charge is 0.354 e. The highest BCUT2D eigenvalue weighted by molar-refractivity contribution is 7.10. The zero-order valence-electron chi connectivity index (χ0n) is 13.2. The van der Waals surface area contributed by atoms with E-state index in [4.69, 9.17) is 0 Å². The predicted octanol–water partition coefficient (Wildman–Crippen LogP) is 1.90. The van der Waals surface area contributed by atoms with Gasteiger partial charge >= 0.3 is 0 Å². The molecule has 1 aliphatic heterocycles. The highest BCUT2D eigenvalue weighted by atomic mass is 32.1. The van der Waals surface area contributed by atoms with Crippen LogP contribution >= 0.6 is 11.3 Å². The molecule has 122 valence electrons. The number of nitrogens with zero attached hydrogens (tertiary/aromatic N) is 1. The molecule has 2 aromatic rings. The molecule has 0 aromatic carbocycles. The maximum Gasteiger partial charge on any atom is 0.243 e. The van der Waals surface area contributed by atoms with E-state index < -0.39 is 0 Å². The van der Waals surface area contributed by atoms with E-state index in [0.717, 1.165) is 30.8 Å². The van der Waals surface area contributed by atoms with E-state index >= 15 is 0 Å². The Bertz CT molecular complexity index is 705. The Morgan fingerprint density at radius 1 is 1.35 bits per heavy atom. The van der Waals surface area contributed by atoms with Gasteiger partial charge in [0.25, 0.3) is 0 Å². The van der Waals surface area contributed by atoms with Crippen molar-refractivity contribution in [3.63, 3.8) is 0 Å². The molecule has 0 bridgehead atoms. The Labute approximate surface area is 139 Å². The van der Waals surface area contributed by atoms with Gasteiger partial charge in [-0.1, -0.05) is 0 Å². The lowest BCUT2D eigenvalue weighted by molar-refractivity contribution is -0.123. The van der Waals surface area contributed by atoms with Gasteiger partial charge in [0.1, 0.15) is 6.04 Å². The summed E-state index contributed by atoms with van der Waals surface area (Å²) in [5, 5.41) is 8.62. The molecule has 1 aliphatic carbocycles. The molecule has 0 saturated carbocycles. The third-order valence-electron chi connectivity index (χ3n) is 4.85. The SMILES string of the molecule is O=C(NCCc1csc2c1CCCC2)[C@H]1NCCc2[nH]cnc21. The molecular formula is C17H22N4OS. The molecule has 6 heteroatoms. The minimum atomic E-state index is -0.318. The number of aryl methyl sites for hydroxylation is 1. The van der Waals surface area contributed by atoms with Crippen molar-refractivity contribution >= 4 is 17.2 Å². The summed E-state index contributed by atoms with van der Waals surface area (Å²) < 4.78 is 0. The molecule has 4 rings (SSSR count). The van der Waals surface area contributed by atoms with E-state index in [1.165, 1.54) is 31.2 Å². The van der Waals surface area contributed by atoms with Crippen LogP contribution in [0.25, 0.3) is 0 Å². The molecule has 0 saturated heterocycles. The van der Waals surface area contributed by atoms with Gasteiger partial charge in [-0.3, -0.25) is 4.79 Å². The zero-order chi connectivity index (χ0) is 15.6. The predicted molar refractivity (Wildman–Crippen MR) is 90.7 cm³/mol. The molecule has 0 spiro atoms. The summed E-state index contributed by atoms with van der Waals surface area (Å²) in [6, 6.07) is -0.318. The lowest BCUT2D eigenvalue weighted by Crippen LogP contribution is -2.42. The number of amides is 1. The van der Waals surface area contributed by atoms with Crippen LogP contribution in [-0.4, -0.2) is 29.0 Å². The third kappa shape index (κ3) is 2.93. The number of hydrogen-bond donors (Lipinski definition) is 3. The number of aromatic nitrogens is 2. The first-order valence-corrected chi connectivity index (χ1v) is 9.32. The van der Waals surface area contributed by atoms with Crippen LogP contribution < -0.4 is 10.6 Å². The lowest BCUT2D eigenvalue weighted by Gasteiger charge is -2.22. The minimum Gasteiger partial charge on any atom is -0.354 e. The molecule has 3 heterocycles. The van der Waals surface area contributed by atoms with Crippen molar-refractivity contribution < 1.29 is 4.79 Å². The highest BCUT2D eigenvalue weighted by Crippen LogP contribution is 2.30. The number of fused-ring (bicyclic) bond motifs is 2. The van der Waals surface area contributed by atoms with Crippen LogP contribution in [0.1, 0.15) is 46.3 Å². The summed E-state index contributed by atoms with van der Waals surface area (Å²) >= 11 is 1.89. The Hall–Kier alpha value is -1.66. The van der Waals surface area contributed by atoms with Gasteiger partial charge in [-0.15, -0.1) is 11.3 Å². The number of rotatable bonds is 4. The number of nitrogens with one attached hydrogen (secondary N) is 3. The van der Waals surface area contributed by atoms with Gasteiger partial charge in [-0.25, -0.2) is 4.98 Å². The second-order valence-electron chi connectivity index (χ2n) is 6.31. The van der Waals surface area contributed by atoms with Gasteiger partial charge in [-0.2, -0.15) is 0 Å². The molecule has 2 aromatic heterocycles. The Morgan fingerprint density at radius 2 is 2.26 bits per heavy atom. The van der Waals surface area contributed by atoms with Crippen molar-refractivity contribution in [2.45, 2.75) is 44.6 Å². The molecule has 23 heavy (non-hydrogen) atoms. The van der Waals surface area contributed by atoms with Crippen LogP contribution in [0.15, 0.2) is 11.7 Å². The normalized spacial score (nSPS) is 19.9. The van der Waals surface area contributed by atoms with Gasteiger partial charge in [0, 0.05) is 30.1 Å². The average Bonchev–Trinajstić information content (AvgIpc) is 3.21. The van der Waals surface area contributed by atoms with Crippen LogP contribution in [-0.2, 0) is 30.5 Å². The van der Waals surface area contributed by atoms with Gasteiger partial charge in [0.2, 0.25) is 5.91 Å². The standard InChI is InChI=1S/C17H22N4OS/c22-17(16-15-13(6-8-18-16)20-10-21-15)19-7-5-11-9-23-14-4-2-1-3-12(11)14/h9-10,16,18H,1-8H2,(H,19,22)(H,20,21)/t16-/m0/s1. The highest BCUT2D eigenvalue weighted by Gasteiger charge is 2.28. The number of aromatic amines is 1. The summed E-state index contributed by atoms with van der Waals surface area (Å²) in [5.74, 6) is 0.0298. The molecule has 2 aliphatic rings. The first kappa shape index (κ1) is 14.9. The van der Waals surface area contributed by atoms with Gasteiger partial charge < -0.3 is 15.6 Å². The smallest absolute Gasteiger partial charge is 0.243 e. The second kappa shape index (κ2) is 6.45. The fourth-order valence-corrected chi connectivity index (χ4v) is 4.81. The van der Waals surface area contributed by atoms with Crippen molar-refractivity contribution in [2.75, 3.05) is 13.1 Å². The number of hydrogen-bond acceptors (Lipinski definition) is 4. The zero-order valence-corrected chi connectivity index (χ0v) is 14.0. The van der Waals surface area contributed by atoms with Crippen molar-refractivity contribution in [3.05, 3.63) is 39.1 Å². The Balaban J connectivity index is 1.35. The number of imidazole rings is 1. The first-order valence-electron chi connectivity index (χ1n) is 8.44. The molecule has 5 nitrogen and oxygen atoms in total. The maximum atomic E-state index is 12.5. The van der Waals surface area contributed by atoms with Crippen molar-refractivity contribution in [2.24, 2.45) is 0 Å². The van der Waals surface area contributed by atoms with Crippen LogP contribution in [0.3, 0.4) is 0 Å². The molecule has 0 fully saturated rings. The fourth-order valence-electron chi connectivity index (χ4n) is 3.63. The topological polar surface area (TPSA) is 69.8 Å². The number of carbonyl (C=O) groups excluding carboxylic acids is 1. The molecular weight excluding hydrogens is 308 g/mol. The van der Waals surface area contributed by atoms with Gasteiger partial charge in [0.15, 0.2) is 0 Å². The molecule has 0 radical (unpaired) electrons. The van der Waals surface area contributed by atoms with E-state index in [-0.39, 0.29) is 11.9 Å². The monoisotopic (exact) mass is 330 g/mol. The molecule has 1 amide bonds. The molecule has 1 atom stereocenters. The van der Waals surface area contributed by atoms with Crippen molar-refractivity contribution in [3.8, 4) is 0 Å². The Morgan fingerprint density at radius 3 is 3.22 bits per heavy atom. The molecule has 3 N–H and O–H groups in total. The maximum absolute atomic E-state index is 12.5. The van der Waals surface area contributed by atoms with Crippen molar-refractivity contribution in [1.82, 2.24) is 20.6 Å². The summed E-state index contributed by atoms with van der Waals surface area (Å²) in [5.41, 5.74) is 4.92. The number of thiophene rings is 1. The lowest BCUT2D eigenvalue weighted by atomic mass is 9.95. The van der Waals surface area contributed by atoms with Crippen LogP contribution in [0.5, 0.6) is 0 Å². The van der Waals surface area contributed by atoms with Gasteiger partial charge in [0.05, 0.1) is 12.0 Å². The average molecular weight is 330 g/mol. The van der Waals surface area contributed by atoms with Crippen molar-refractivity contribution in [1.29, 1.82) is 0 Å². The number of carbonyl (C=O) groups is 1. The van der Waals surface area contributed by atoms with E-state index in [0.29, 0.717) is 6.54 Å². The first-order chi connectivity index (χ1) is 11.3. The van der Waals surface area contributed by atoms with Gasteiger partial charge in [-0.05, 0) is 48.6 Å². The van der Waals surface area contributed by atoms with E-state index in [1.54, 1.807) is 16.8 Å². The van der Waals surface area contributed by atoms with Crippen LogP contribution in [0, 0.1) is 0 Å². The minimum absolute atomic E-state index is 0.0298. The molecule has 0 unspecified atom stereocenters. The summed E-state index contributed by atoms with van der Waals surface area (Å²) in [7, 11) is 0. The van der Waals surface area contributed by atoms with Crippen LogP contribution in [0.2, 0.25) is 0 Å². The fraction of sp³-hybridized carbons (Fsp3) is 0.529. The second-order valence-corrected chi connectivity index (χ2v) is 7.28. The quantitative estimate of drug-likeness (QED) is 0.802. The number of H-pyrrole nitrogens is 1.